The molecule has 0 saturated heterocycles. The summed E-state index contributed by atoms with van der Waals surface area (Å²) in [7, 11) is 1.54. The van der Waals surface area contributed by atoms with E-state index in [4.69, 9.17) is 9.26 Å². The SMILES string of the molecule is COc1ccc2c(c1)N(Cc1c(C)noc1C)C(=O)C2=O. The molecule has 0 spiro atoms. The van der Waals surface area contributed by atoms with Gasteiger partial charge in [-0.3, -0.25) is 14.5 Å². The van der Waals surface area contributed by atoms with Gasteiger partial charge in [-0.05, 0) is 26.0 Å². The Bertz CT molecular complexity index is 729. The van der Waals surface area contributed by atoms with Crippen LogP contribution in [0.1, 0.15) is 27.4 Å². The van der Waals surface area contributed by atoms with Gasteiger partial charge >= 0.3 is 0 Å². The number of aryl methyl sites for hydroxylation is 2. The Morgan fingerprint density at radius 3 is 2.67 bits per heavy atom. The van der Waals surface area contributed by atoms with Crippen LogP contribution in [0.5, 0.6) is 5.75 Å². The van der Waals surface area contributed by atoms with Crippen LogP contribution in [0.2, 0.25) is 0 Å². The maximum atomic E-state index is 12.2. The molecule has 0 aliphatic carbocycles. The molecular formula is C15H14N2O4. The number of benzene rings is 1. The maximum absolute atomic E-state index is 12.2. The number of hydrogen-bond acceptors (Lipinski definition) is 5. The summed E-state index contributed by atoms with van der Waals surface area (Å²) in [6, 6.07) is 4.97. The monoisotopic (exact) mass is 286 g/mol. The van der Waals surface area contributed by atoms with Crippen molar-refractivity contribution in [3.63, 3.8) is 0 Å². The quantitative estimate of drug-likeness (QED) is 0.807. The van der Waals surface area contributed by atoms with Crippen LogP contribution in [0.25, 0.3) is 0 Å². The van der Waals surface area contributed by atoms with Crippen molar-refractivity contribution in [3.05, 3.63) is 40.8 Å². The molecule has 1 aromatic carbocycles. The molecule has 21 heavy (non-hydrogen) atoms. The molecule has 0 saturated carbocycles. The Morgan fingerprint density at radius 1 is 1.29 bits per heavy atom. The van der Waals surface area contributed by atoms with Gasteiger partial charge in [0.1, 0.15) is 11.5 Å². The summed E-state index contributed by atoms with van der Waals surface area (Å²) in [6.07, 6.45) is 0. The van der Waals surface area contributed by atoms with E-state index in [2.05, 4.69) is 5.16 Å². The summed E-state index contributed by atoms with van der Waals surface area (Å²) in [4.78, 5) is 25.7. The molecule has 1 aromatic heterocycles. The minimum atomic E-state index is -0.543. The average molecular weight is 286 g/mol. The molecule has 0 atom stereocenters. The summed E-state index contributed by atoms with van der Waals surface area (Å²) >= 11 is 0. The first-order valence-electron chi connectivity index (χ1n) is 6.49. The zero-order valence-electron chi connectivity index (χ0n) is 12.0. The van der Waals surface area contributed by atoms with Crippen LogP contribution in [0.15, 0.2) is 22.7 Å². The van der Waals surface area contributed by atoms with Gasteiger partial charge in [0.05, 0.1) is 30.6 Å². The first-order valence-corrected chi connectivity index (χ1v) is 6.49. The summed E-state index contributed by atoms with van der Waals surface area (Å²) in [6.45, 7) is 3.84. The van der Waals surface area contributed by atoms with E-state index in [-0.39, 0.29) is 6.54 Å². The van der Waals surface area contributed by atoms with Crippen molar-refractivity contribution in [3.8, 4) is 5.75 Å². The zero-order chi connectivity index (χ0) is 15.1. The largest absolute Gasteiger partial charge is 0.497 e. The van der Waals surface area contributed by atoms with Crippen molar-refractivity contribution in [2.24, 2.45) is 0 Å². The lowest BCUT2D eigenvalue weighted by atomic mass is 10.1. The summed E-state index contributed by atoms with van der Waals surface area (Å²) in [5.74, 6) is 0.196. The van der Waals surface area contributed by atoms with E-state index in [1.54, 1.807) is 39.2 Å². The molecule has 1 aliphatic heterocycles. The van der Waals surface area contributed by atoms with Crippen LogP contribution in [-0.2, 0) is 11.3 Å². The lowest BCUT2D eigenvalue weighted by Crippen LogP contribution is -2.29. The number of ketones is 1. The molecule has 108 valence electrons. The summed E-state index contributed by atoms with van der Waals surface area (Å²) in [5.41, 5.74) is 2.48. The highest BCUT2D eigenvalue weighted by Gasteiger charge is 2.36. The fourth-order valence-corrected chi connectivity index (χ4v) is 2.44. The van der Waals surface area contributed by atoms with Gasteiger partial charge < -0.3 is 9.26 Å². The van der Waals surface area contributed by atoms with Gasteiger partial charge in [0.25, 0.3) is 11.7 Å². The van der Waals surface area contributed by atoms with Crippen LogP contribution in [0.4, 0.5) is 5.69 Å². The number of nitrogens with zero attached hydrogens (tertiary/aromatic N) is 2. The molecule has 0 bridgehead atoms. The van der Waals surface area contributed by atoms with E-state index in [1.165, 1.54) is 4.90 Å². The third-order valence-electron chi connectivity index (χ3n) is 3.68. The van der Waals surface area contributed by atoms with Crippen molar-refractivity contribution in [1.82, 2.24) is 5.16 Å². The Labute approximate surface area is 121 Å². The highest BCUT2D eigenvalue weighted by molar-refractivity contribution is 6.52. The second kappa shape index (κ2) is 4.73. The number of Topliss-reactive ketones (excluding diaryl/α,β-unsaturated/α-hetero) is 1. The maximum Gasteiger partial charge on any atom is 0.299 e. The van der Waals surface area contributed by atoms with E-state index >= 15 is 0 Å². The second-order valence-corrected chi connectivity index (χ2v) is 4.91. The first-order chi connectivity index (χ1) is 10.0. The van der Waals surface area contributed by atoms with Crippen molar-refractivity contribution < 1.29 is 18.8 Å². The average Bonchev–Trinajstić information content (AvgIpc) is 2.92. The standard InChI is InChI=1S/C15H14N2O4/c1-8-12(9(2)21-16-8)7-17-13-6-10(20-3)4-5-11(13)14(18)15(17)19/h4-6H,7H2,1-3H3. The number of anilines is 1. The topological polar surface area (TPSA) is 72.6 Å². The minimum Gasteiger partial charge on any atom is -0.497 e. The molecule has 0 fully saturated rings. The van der Waals surface area contributed by atoms with E-state index < -0.39 is 11.7 Å². The van der Waals surface area contributed by atoms with Crippen molar-refractivity contribution >= 4 is 17.4 Å². The van der Waals surface area contributed by atoms with Gasteiger partial charge in [-0.1, -0.05) is 5.16 Å². The van der Waals surface area contributed by atoms with Gasteiger partial charge in [-0.15, -0.1) is 0 Å². The molecule has 2 aromatic rings. The molecule has 0 unspecified atom stereocenters. The van der Waals surface area contributed by atoms with Gasteiger partial charge in [0, 0.05) is 11.6 Å². The lowest BCUT2D eigenvalue weighted by Gasteiger charge is -2.16. The van der Waals surface area contributed by atoms with Gasteiger partial charge in [-0.25, -0.2) is 0 Å². The van der Waals surface area contributed by atoms with Crippen LogP contribution >= 0.6 is 0 Å². The fourth-order valence-electron chi connectivity index (χ4n) is 2.44. The number of aromatic nitrogens is 1. The van der Waals surface area contributed by atoms with Crippen molar-refractivity contribution in [2.45, 2.75) is 20.4 Å². The highest BCUT2D eigenvalue weighted by Crippen LogP contribution is 2.34. The first kappa shape index (κ1) is 13.4. The van der Waals surface area contributed by atoms with E-state index in [0.717, 1.165) is 5.56 Å². The van der Waals surface area contributed by atoms with Crippen molar-refractivity contribution in [2.75, 3.05) is 12.0 Å². The van der Waals surface area contributed by atoms with E-state index in [0.29, 0.717) is 28.5 Å². The number of rotatable bonds is 3. The highest BCUT2D eigenvalue weighted by atomic mass is 16.5. The number of carbonyl (C=O) groups excluding carboxylic acids is 2. The molecule has 1 aliphatic rings. The second-order valence-electron chi connectivity index (χ2n) is 4.91. The Morgan fingerprint density at radius 2 is 2.05 bits per heavy atom. The predicted octanol–water partition coefficient (Wildman–Crippen LogP) is 2.03. The third kappa shape index (κ3) is 1.99. The number of ether oxygens (including phenoxy) is 1. The van der Waals surface area contributed by atoms with Crippen LogP contribution < -0.4 is 9.64 Å². The lowest BCUT2D eigenvalue weighted by molar-refractivity contribution is -0.114. The van der Waals surface area contributed by atoms with Gasteiger partial charge in [-0.2, -0.15) is 0 Å². The Hall–Kier alpha value is -2.63. The molecule has 0 N–H and O–H groups in total. The zero-order valence-corrected chi connectivity index (χ0v) is 12.0. The van der Waals surface area contributed by atoms with Gasteiger partial charge in [0.15, 0.2) is 0 Å². The smallest absolute Gasteiger partial charge is 0.299 e. The number of hydrogen-bond donors (Lipinski definition) is 0. The Kier molecular flexibility index (Phi) is 3.01. The van der Waals surface area contributed by atoms with Crippen LogP contribution in [0, 0.1) is 13.8 Å². The predicted molar refractivity (Wildman–Crippen MR) is 74.5 cm³/mol. The number of amides is 1. The number of carbonyl (C=O) groups is 2. The van der Waals surface area contributed by atoms with E-state index in [1.807, 2.05) is 0 Å². The summed E-state index contributed by atoms with van der Waals surface area (Å²) < 4.78 is 10.3. The summed E-state index contributed by atoms with van der Waals surface area (Å²) in [5, 5.41) is 3.87. The van der Waals surface area contributed by atoms with Gasteiger partial charge in [0.2, 0.25) is 0 Å². The normalized spacial score (nSPS) is 13.8. The number of methoxy groups -OCH3 is 1. The number of fused-ring (bicyclic) bond motifs is 1. The fraction of sp³-hybridized carbons (Fsp3) is 0.267. The molecule has 3 rings (SSSR count). The Balaban J connectivity index is 2.04. The molecular weight excluding hydrogens is 272 g/mol. The molecule has 6 nitrogen and oxygen atoms in total. The third-order valence-corrected chi connectivity index (χ3v) is 3.68. The van der Waals surface area contributed by atoms with Crippen molar-refractivity contribution in [1.29, 1.82) is 0 Å². The van der Waals surface area contributed by atoms with E-state index in [9.17, 15) is 9.59 Å². The molecule has 1 amide bonds. The molecule has 6 heteroatoms. The van der Waals surface area contributed by atoms with Crippen LogP contribution in [0.3, 0.4) is 0 Å². The molecule has 2 heterocycles. The minimum absolute atomic E-state index is 0.256. The molecule has 0 radical (unpaired) electrons. The van der Waals surface area contributed by atoms with Crippen LogP contribution in [-0.4, -0.2) is 24.0 Å².